The molecule has 5 rings (SSSR count). The van der Waals surface area contributed by atoms with Crippen molar-refractivity contribution in [2.75, 3.05) is 26.0 Å². The lowest BCUT2D eigenvalue weighted by Crippen LogP contribution is -2.47. The number of urea groups is 1. The maximum atomic E-state index is 14.0. The van der Waals surface area contributed by atoms with Gasteiger partial charge in [-0.3, -0.25) is 14.5 Å². The van der Waals surface area contributed by atoms with E-state index >= 15 is 0 Å². The van der Waals surface area contributed by atoms with E-state index in [2.05, 4.69) is 10.6 Å². The van der Waals surface area contributed by atoms with Crippen molar-refractivity contribution in [3.63, 3.8) is 0 Å². The van der Waals surface area contributed by atoms with Gasteiger partial charge in [0.25, 0.3) is 5.91 Å². The van der Waals surface area contributed by atoms with Gasteiger partial charge in [0, 0.05) is 24.2 Å². The summed E-state index contributed by atoms with van der Waals surface area (Å²) < 4.78 is 5.21. The Bertz CT molecular complexity index is 1390. The number of rotatable bonds is 7. The zero-order valence-corrected chi connectivity index (χ0v) is 21.7. The topological polar surface area (TPSA) is 91.0 Å². The van der Waals surface area contributed by atoms with Gasteiger partial charge in [-0.05, 0) is 47.5 Å². The van der Waals surface area contributed by atoms with Crippen LogP contribution in [0, 0.1) is 0 Å². The number of anilines is 1. The van der Waals surface area contributed by atoms with E-state index in [1.165, 1.54) is 4.90 Å². The second kappa shape index (κ2) is 10.6. The fraction of sp³-hybridized carbons (Fsp3) is 0.207. The standard InChI is InChI=1S/C29H27ClN4O4/c1-33-24-17-34(28(36)25(24)26(32-29(33)37)19-8-10-20(30)11-9-19)23(16-18-6-4-3-5-7-18)27(35)31-21-12-14-22(38-2)15-13-21/h3-15,23,26H,16-17H2,1-2H3,(H,31,35)(H,32,37)/t23-,26+/m0/s1. The number of carbonyl (C=O) groups is 3. The Balaban J connectivity index is 1.47. The fourth-order valence-corrected chi connectivity index (χ4v) is 4.95. The van der Waals surface area contributed by atoms with E-state index in [9.17, 15) is 14.4 Å². The number of ether oxygens (including phenoxy) is 1. The lowest BCUT2D eigenvalue weighted by Gasteiger charge is -2.31. The maximum Gasteiger partial charge on any atom is 0.322 e. The molecule has 3 aromatic rings. The normalized spacial score (nSPS) is 17.7. The number of hydrogen-bond acceptors (Lipinski definition) is 4. The molecule has 0 saturated heterocycles. The number of likely N-dealkylation sites (N-methyl/N-ethyl adjacent to an activating group) is 1. The third-order valence-electron chi connectivity index (χ3n) is 6.90. The molecule has 194 valence electrons. The zero-order chi connectivity index (χ0) is 26.8. The van der Waals surface area contributed by atoms with Crippen LogP contribution in [0.4, 0.5) is 10.5 Å². The number of carbonyl (C=O) groups excluding carboxylic acids is 3. The van der Waals surface area contributed by atoms with Gasteiger partial charge in [0.05, 0.1) is 31.0 Å². The maximum absolute atomic E-state index is 14.0. The van der Waals surface area contributed by atoms with Gasteiger partial charge >= 0.3 is 6.03 Å². The molecule has 4 amide bonds. The lowest BCUT2D eigenvalue weighted by molar-refractivity contribution is -0.134. The van der Waals surface area contributed by atoms with Crippen LogP contribution in [0.25, 0.3) is 0 Å². The molecule has 2 aliphatic rings. The van der Waals surface area contributed by atoms with Gasteiger partial charge in [-0.25, -0.2) is 4.79 Å². The molecular weight excluding hydrogens is 504 g/mol. The molecule has 9 heteroatoms. The van der Waals surface area contributed by atoms with Crippen molar-refractivity contribution in [1.29, 1.82) is 0 Å². The van der Waals surface area contributed by atoms with Crippen molar-refractivity contribution in [3.8, 4) is 5.75 Å². The minimum atomic E-state index is -0.813. The van der Waals surface area contributed by atoms with E-state index < -0.39 is 12.1 Å². The van der Waals surface area contributed by atoms with Crippen LogP contribution in [0.2, 0.25) is 5.02 Å². The molecule has 0 fully saturated rings. The number of nitrogens with one attached hydrogen (secondary N) is 2. The summed E-state index contributed by atoms with van der Waals surface area (Å²) >= 11 is 6.07. The van der Waals surface area contributed by atoms with Crippen LogP contribution in [0.15, 0.2) is 90.1 Å². The van der Waals surface area contributed by atoms with Gasteiger partial charge in [-0.2, -0.15) is 0 Å². The van der Waals surface area contributed by atoms with Crippen molar-refractivity contribution in [2.24, 2.45) is 0 Å². The average molecular weight is 531 g/mol. The predicted octanol–water partition coefficient (Wildman–Crippen LogP) is 4.39. The number of hydrogen-bond donors (Lipinski definition) is 2. The van der Waals surface area contributed by atoms with Crippen molar-refractivity contribution in [3.05, 3.63) is 106 Å². The van der Waals surface area contributed by atoms with E-state index in [1.807, 2.05) is 30.3 Å². The highest BCUT2D eigenvalue weighted by atomic mass is 35.5. The van der Waals surface area contributed by atoms with E-state index in [0.717, 1.165) is 11.1 Å². The second-order valence-corrected chi connectivity index (χ2v) is 9.65. The van der Waals surface area contributed by atoms with E-state index in [-0.39, 0.29) is 24.4 Å². The lowest BCUT2D eigenvalue weighted by atomic mass is 9.95. The molecule has 0 radical (unpaired) electrons. The first-order chi connectivity index (χ1) is 18.4. The molecule has 0 aliphatic carbocycles. The summed E-state index contributed by atoms with van der Waals surface area (Å²) in [6, 6.07) is 21.8. The Hall–Kier alpha value is -4.30. The molecular formula is C29H27ClN4O4. The van der Waals surface area contributed by atoms with Gasteiger partial charge in [0.1, 0.15) is 11.8 Å². The number of halogens is 1. The Morgan fingerprint density at radius 3 is 2.39 bits per heavy atom. The largest absolute Gasteiger partial charge is 0.497 e. The van der Waals surface area contributed by atoms with Crippen LogP contribution >= 0.6 is 11.6 Å². The molecule has 2 N–H and O–H groups in total. The van der Waals surface area contributed by atoms with Crippen molar-refractivity contribution in [2.45, 2.75) is 18.5 Å². The molecule has 2 atom stereocenters. The highest BCUT2D eigenvalue weighted by Crippen LogP contribution is 2.37. The first kappa shape index (κ1) is 25.4. The summed E-state index contributed by atoms with van der Waals surface area (Å²) in [4.78, 5) is 43.5. The van der Waals surface area contributed by atoms with E-state index in [1.54, 1.807) is 67.6 Å². The van der Waals surface area contributed by atoms with Gasteiger partial charge < -0.3 is 20.3 Å². The first-order valence-electron chi connectivity index (χ1n) is 12.2. The average Bonchev–Trinajstić information content (AvgIpc) is 3.27. The Morgan fingerprint density at radius 1 is 1.05 bits per heavy atom. The smallest absolute Gasteiger partial charge is 0.322 e. The van der Waals surface area contributed by atoms with Gasteiger partial charge in [0.15, 0.2) is 0 Å². The van der Waals surface area contributed by atoms with Crippen molar-refractivity contribution < 1.29 is 19.1 Å². The Kier molecular flexibility index (Phi) is 7.07. The fourth-order valence-electron chi connectivity index (χ4n) is 4.83. The van der Waals surface area contributed by atoms with Crippen LogP contribution < -0.4 is 15.4 Å². The first-order valence-corrected chi connectivity index (χ1v) is 12.6. The number of amides is 4. The van der Waals surface area contributed by atoms with E-state index in [4.69, 9.17) is 16.3 Å². The van der Waals surface area contributed by atoms with Gasteiger partial charge in [-0.1, -0.05) is 54.1 Å². The van der Waals surface area contributed by atoms with Crippen LogP contribution in [-0.4, -0.2) is 54.4 Å². The van der Waals surface area contributed by atoms with Crippen LogP contribution in [0.3, 0.4) is 0 Å². The quantitative estimate of drug-likeness (QED) is 0.474. The molecule has 0 unspecified atom stereocenters. The minimum absolute atomic E-state index is 0.135. The summed E-state index contributed by atoms with van der Waals surface area (Å²) in [5.74, 6) is 0.0543. The molecule has 0 spiro atoms. The molecule has 38 heavy (non-hydrogen) atoms. The molecule has 2 heterocycles. The Labute approximate surface area is 225 Å². The number of benzene rings is 3. The summed E-state index contributed by atoms with van der Waals surface area (Å²) in [6.07, 6.45) is 0.311. The number of nitrogens with zero attached hydrogens (tertiary/aromatic N) is 2. The predicted molar refractivity (Wildman–Crippen MR) is 145 cm³/mol. The highest BCUT2D eigenvalue weighted by Gasteiger charge is 2.46. The monoisotopic (exact) mass is 530 g/mol. The van der Waals surface area contributed by atoms with Crippen LogP contribution in [0.1, 0.15) is 17.2 Å². The third kappa shape index (κ3) is 4.95. The third-order valence-corrected chi connectivity index (χ3v) is 7.15. The van der Waals surface area contributed by atoms with Crippen LogP contribution in [-0.2, 0) is 16.0 Å². The van der Waals surface area contributed by atoms with Gasteiger partial charge in [0.2, 0.25) is 5.91 Å². The van der Waals surface area contributed by atoms with Gasteiger partial charge in [-0.15, -0.1) is 0 Å². The Morgan fingerprint density at radius 2 is 1.74 bits per heavy atom. The van der Waals surface area contributed by atoms with E-state index in [0.29, 0.717) is 34.2 Å². The summed E-state index contributed by atoms with van der Waals surface area (Å²) in [5.41, 5.74) is 3.27. The SMILES string of the molecule is COc1ccc(NC(=O)[C@H](Cc2ccccc2)N2CC3=C(C2=O)[C@@H](c2ccc(Cl)cc2)NC(=O)N3C)cc1. The van der Waals surface area contributed by atoms with Crippen molar-refractivity contribution in [1.82, 2.24) is 15.1 Å². The number of methoxy groups -OCH3 is 1. The zero-order valence-electron chi connectivity index (χ0n) is 21.0. The highest BCUT2D eigenvalue weighted by molar-refractivity contribution is 6.30. The van der Waals surface area contributed by atoms with Crippen LogP contribution in [0.5, 0.6) is 5.75 Å². The summed E-state index contributed by atoms with van der Waals surface area (Å²) in [5, 5.41) is 6.42. The minimum Gasteiger partial charge on any atom is -0.497 e. The van der Waals surface area contributed by atoms with Crippen molar-refractivity contribution >= 4 is 35.1 Å². The summed E-state index contributed by atoms with van der Waals surface area (Å²) in [7, 11) is 3.20. The molecule has 0 bridgehead atoms. The molecule has 2 aliphatic heterocycles. The second-order valence-electron chi connectivity index (χ2n) is 9.21. The molecule has 8 nitrogen and oxygen atoms in total. The molecule has 0 saturated carbocycles. The summed E-state index contributed by atoms with van der Waals surface area (Å²) in [6.45, 7) is 0.135. The molecule has 3 aromatic carbocycles. The molecule has 0 aromatic heterocycles.